The number of rotatable bonds is 6. The molecule has 5 heterocycles. The molecule has 0 aromatic carbocycles. The average molecular weight is 402 g/mol. The number of nitrogens with zero attached hydrogens (tertiary/aromatic N) is 2. The zero-order valence-corrected chi connectivity index (χ0v) is 16.9. The van der Waals surface area contributed by atoms with E-state index in [1.807, 2.05) is 5.38 Å². The summed E-state index contributed by atoms with van der Waals surface area (Å²) in [5, 5.41) is 1.81. The van der Waals surface area contributed by atoms with Gasteiger partial charge >= 0.3 is 0 Å². The third kappa shape index (κ3) is 4.25. The van der Waals surface area contributed by atoms with Crippen LogP contribution in [-0.4, -0.2) is 75.0 Å². The number of nitrogens with one attached hydrogen (secondary N) is 1. The molecule has 8 heteroatoms. The molecular weight excluding hydrogens is 374 g/mol. The Kier molecular flexibility index (Phi) is 5.74. The topological polar surface area (TPSA) is 52.7 Å². The van der Waals surface area contributed by atoms with Crippen molar-refractivity contribution in [3.8, 4) is 0 Å². The molecule has 4 atom stereocenters. The second-order valence-corrected chi connectivity index (χ2v) is 11.6. The number of fused-ring (bicyclic) bond motifs is 3. The minimum atomic E-state index is -3.34. The van der Waals surface area contributed by atoms with Gasteiger partial charge in [0, 0.05) is 50.3 Å². The van der Waals surface area contributed by atoms with Crippen LogP contribution in [-0.2, 0) is 10.0 Å². The van der Waals surface area contributed by atoms with E-state index < -0.39 is 10.0 Å². The molecule has 4 saturated heterocycles. The number of thioether (sulfide) groups is 1. The van der Waals surface area contributed by atoms with Gasteiger partial charge in [-0.25, -0.2) is 13.1 Å². The van der Waals surface area contributed by atoms with E-state index >= 15 is 0 Å². The zero-order valence-electron chi connectivity index (χ0n) is 14.5. The van der Waals surface area contributed by atoms with Gasteiger partial charge in [0.25, 0.3) is 0 Å². The van der Waals surface area contributed by atoms with E-state index in [1.54, 1.807) is 12.1 Å². The minimum absolute atomic E-state index is 0.363. The maximum atomic E-state index is 12.3. The van der Waals surface area contributed by atoms with Crippen LogP contribution in [0.5, 0.6) is 0 Å². The van der Waals surface area contributed by atoms with Gasteiger partial charge in [0.1, 0.15) is 4.21 Å². The minimum Gasteiger partial charge on any atom is -0.301 e. The summed E-state index contributed by atoms with van der Waals surface area (Å²) >= 11 is 3.35. The summed E-state index contributed by atoms with van der Waals surface area (Å²) in [5.74, 6) is 4.07. The summed E-state index contributed by atoms with van der Waals surface area (Å²) in [5.41, 5.74) is 0. The van der Waals surface area contributed by atoms with Gasteiger partial charge in [0.05, 0.1) is 0 Å². The molecule has 4 aliphatic heterocycles. The predicted octanol–water partition coefficient (Wildman–Crippen LogP) is 1.79. The maximum Gasteiger partial charge on any atom is 0.250 e. The molecule has 0 radical (unpaired) electrons. The fourth-order valence-electron chi connectivity index (χ4n) is 4.48. The van der Waals surface area contributed by atoms with Crippen LogP contribution in [0.25, 0.3) is 0 Å². The lowest BCUT2D eigenvalue weighted by Crippen LogP contribution is -2.58. The van der Waals surface area contributed by atoms with Crippen molar-refractivity contribution in [1.82, 2.24) is 14.5 Å². The number of hydrogen-bond acceptors (Lipinski definition) is 6. The maximum absolute atomic E-state index is 12.3. The first-order valence-corrected chi connectivity index (χ1v) is 12.7. The van der Waals surface area contributed by atoms with Gasteiger partial charge in [-0.05, 0) is 42.7 Å². The molecule has 1 aromatic heterocycles. The molecule has 0 aliphatic carbocycles. The van der Waals surface area contributed by atoms with Gasteiger partial charge in [-0.3, -0.25) is 4.90 Å². The summed E-state index contributed by atoms with van der Waals surface area (Å²) in [6, 6.07) is 3.82. The van der Waals surface area contributed by atoms with E-state index in [1.165, 1.54) is 48.9 Å². The second kappa shape index (κ2) is 7.86. The van der Waals surface area contributed by atoms with Crippen molar-refractivity contribution in [2.45, 2.75) is 23.1 Å². The quantitative estimate of drug-likeness (QED) is 0.788. The third-order valence-corrected chi connectivity index (χ3v) is 9.64. The first-order valence-electron chi connectivity index (χ1n) is 9.19. The van der Waals surface area contributed by atoms with Crippen LogP contribution in [0, 0.1) is 11.8 Å². The van der Waals surface area contributed by atoms with Gasteiger partial charge in [-0.15, -0.1) is 11.3 Å². The molecule has 5 nitrogen and oxygen atoms in total. The Bertz CT molecular complexity index is 659. The molecule has 2 bridgehead atoms. The molecule has 5 rings (SSSR count). The van der Waals surface area contributed by atoms with Gasteiger partial charge in [-0.1, -0.05) is 6.07 Å². The Labute approximate surface area is 159 Å². The van der Waals surface area contributed by atoms with Gasteiger partial charge < -0.3 is 4.90 Å². The lowest BCUT2D eigenvalue weighted by molar-refractivity contribution is -0.00913. The fourth-order valence-corrected chi connectivity index (χ4v) is 7.57. The van der Waals surface area contributed by atoms with E-state index in [4.69, 9.17) is 0 Å². The van der Waals surface area contributed by atoms with Crippen LogP contribution >= 0.6 is 23.1 Å². The number of thiophene rings is 1. The zero-order chi connectivity index (χ0) is 17.3. The number of hydrogen-bond donors (Lipinski definition) is 1. The van der Waals surface area contributed by atoms with E-state index in [0.29, 0.717) is 16.8 Å². The van der Waals surface area contributed by atoms with Crippen LogP contribution < -0.4 is 4.72 Å². The normalized spacial score (nSPS) is 33.6. The van der Waals surface area contributed by atoms with Crippen molar-refractivity contribution in [1.29, 1.82) is 0 Å². The van der Waals surface area contributed by atoms with Crippen molar-refractivity contribution in [2.24, 2.45) is 11.8 Å². The molecule has 0 amide bonds. The van der Waals surface area contributed by atoms with Crippen molar-refractivity contribution in [2.75, 3.05) is 50.8 Å². The average Bonchev–Trinajstić information content (AvgIpc) is 3.17. The molecule has 0 saturated carbocycles. The van der Waals surface area contributed by atoms with Crippen LogP contribution in [0.4, 0.5) is 0 Å². The summed E-state index contributed by atoms with van der Waals surface area (Å²) in [4.78, 5) is 5.16. The Morgan fingerprint density at radius 3 is 2.76 bits per heavy atom. The highest BCUT2D eigenvalue weighted by atomic mass is 32.2. The van der Waals surface area contributed by atoms with E-state index in [9.17, 15) is 8.42 Å². The van der Waals surface area contributed by atoms with E-state index in [0.717, 1.165) is 31.3 Å². The first-order chi connectivity index (χ1) is 12.1. The molecule has 0 spiro atoms. The third-order valence-electron chi connectivity index (χ3n) is 5.88. The molecule has 25 heavy (non-hydrogen) atoms. The Hall–Kier alpha value is -0.120. The molecule has 1 aromatic rings. The van der Waals surface area contributed by atoms with E-state index in [2.05, 4.69) is 26.3 Å². The van der Waals surface area contributed by atoms with Crippen molar-refractivity contribution in [3.05, 3.63) is 17.5 Å². The summed E-state index contributed by atoms with van der Waals surface area (Å²) in [6.07, 6.45) is 2.42. The Morgan fingerprint density at radius 2 is 2.08 bits per heavy atom. The van der Waals surface area contributed by atoms with Crippen molar-refractivity contribution >= 4 is 33.1 Å². The van der Waals surface area contributed by atoms with Gasteiger partial charge in [0.15, 0.2) is 0 Å². The molecule has 4 aliphatic rings. The standard InChI is InChI=1S/C17H27N3O2S3/c21-25(22,17-2-1-7-24-17)18-11-16-10-14-3-4-20(16)13-15(14)12-19-5-8-23-9-6-19/h1-2,7,14-16,18H,3-6,8-13H2. The molecular formula is C17H27N3O2S3. The highest BCUT2D eigenvalue weighted by Crippen LogP contribution is 2.36. The number of sulfonamides is 1. The highest BCUT2D eigenvalue weighted by molar-refractivity contribution is 7.99. The second-order valence-electron chi connectivity index (χ2n) is 7.39. The summed E-state index contributed by atoms with van der Waals surface area (Å²) < 4.78 is 27.9. The van der Waals surface area contributed by atoms with Gasteiger partial charge in [0.2, 0.25) is 10.0 Å². The predicted molar refractivity (Wildman–Crippen MR) is 105 cm³/mol. The lowest BCUT2D eigenvalue weighted by Gasteiger charge is -2.51. The van der Waals surface area contributed by atoms with Crippen LogP contribution in [0.2, 0.25) is 0 Å². The summed E-state index contributed by atoms with van der Waals surface area (Å²) in [6.45, 7) is 6.51. The lowest BCUT2D eigenvalue weighted by atomic mass is 9.75. The van der Waals surface area contributed by atoms with Crippen LogP contribution in [0.15, 0.2) is 21.7 Å². The molecule has 1 N–H and O–H groups in total. The molecule has 140 valence electrons. The van der Waals surface area contributed by atoms with Gasteiger partial charge in [-0.2, -0.15) is 11.8 Å². The first kappa shape index (κ1) is 18.3. The fraction of sp³-hybridized carbons (Fsp3) is 0.765. The summed E-state index contributed by atoms with van der Waals surface area (Å²) in [7, 11) is -3.34. The SMILES string of the molecule is O=S(=O)(NCC1CC2CCN1CC2CN1CCSCC1)c1cccs1. The molecule has 4 unspecified atom stereocenters. The molecule has 4 fully saturated rings. The Balaban J connectivity index is 1.31. The van der Waals surface area contributed by atoms with E-state index in [-0.39, 0.29) is 0 Å². The highest BCUT2D eigenvalue weighted by Gasteiger charge is 2.40. The van der Waals surface area contributed by atoms with Crippen LogP contribution in [0.3, 0.4) is 0 Å². The van der Waals surface area contributed by atoms with Crippen LogP contribution in [0.1, 0.15) is 12.8 Å². The van der Waals surface area contributed by atoms with Crippen molar-refractivity contribution < 1.29 is 8.42 Å². The number of piperidine rings is 3. The monoisotopic (exact) mass is 401 g/mol. The van der Waals surface area contributed by atoms with Crippen molar-refractivity contribution in [3.63, 3.8) is 0 Å². The Morgan fingerprint density at radius 1 is 1.24 bits per heavy atom. The smallest absolute Gasteiger partial charge is 0.250 e. The largest absolute Gasteiger partial charge is 0.301 e.